The minimum absolute atomic E-state index is 0.171. The van der Waals surface area contributed by atoms with Crippen molar-refractivity contribution in [2.45, 2.75) is 38.8 Å². The van der Waals surface area contributed by atoms with Gasteiger partial charge >= 0.3 is 0 Å². The number of nitrogens with one attached hydrogen (secondary N) is 1. The summed E-state index contributed by atoms with van der Waals surface area (Å²) in [5.41, 5.74) is 0.755. The van der Waals surface area contributed by atoms with Crippen LogP contribution in [0.25, 0.3) is 0 Å². The highest BCUT2D eigenvalue weighted by molar-refractivity contribution is 5.28. The lowest BCUT2D eigenvalue weighted by Gasteiger charge is -2.32. The van der Waals surface area contributed by atoms with E-state index < -0.39 is 0 Å². The van der Waals surface area contributed by atoms with Crippen LogP contribution in [0.5, 0.6) is 5.75 Å². The fourth-order valence-corrected chi connectivity index (χ4v) is 2.67. The van der Waals surface area contributed by atoms with Crippen molar-refractivity contribution in [1.82, 2.24) is 10.2 Å². The van der Waals surface area contributed by atoms with Crippen LogP contribution in [0.2, 0.25) is 0 Å². The highest BCUT2D eigenvalue weighted by atomic mass is 19.1. The molecule has 0 radical (unpaired) electrons. The third-order valence-corrected chi connectivity index (χ3v) is 3.92. The third-order valence-electron chi connectivity index (χ3n) is 3.92. The fourth-order valence-electron chi connectivity index (χ4n) is 2.67. The molecule has 0 aromatic heterocycles. The molecular formula is C16H25FN2O. The van der Waals surface area contributed by atoms with Crippen molar-refractivity contribution in [2.24, 2.45) is 0 Å². The summed E-state index contributed by atoms with van der Waals surface area (Å²) in [7, 11) is 1.56. The van der Waals surface area contributed by atoms with Gasteiger partial charge in [-0.2, -0.15) is 0 Å². The topological polar surface area (TPSA) is 24.5 Å². The van der Waals surface area contributed by atoms with Crippen molar-refractivity contribution in [1.29, 1.82) is 0 Å². The quantitative estimate of drug-likeness (QED) is 0.867. The predicted molar refractivity (Wildman–Crippen MR) is 79.5 cm³/mol. The minimum atomic E-state index is -0.171. The first-order valence-corrected chi connectivity index (χ1v) is 7.51. The van der Waals surface area contributed by atoms with Gasteiger partial charge in [-0.1, -0.05) is 13.0 Å². The van der Waals surface area contributed by atoms with Crippen LogP contribution in [0, 0.1) is 5.82 Å². The molecule has 0 atom stereocenters. The maximum Gasteiger partial charge on any atom is 0.131 e. The summed E-state index contributed by atoms with van der Waals surface area (Å²) in [6.45, 7) is 6.04. The first-order valence-electron chi connectivity index (χ1n) is 7.51. The summed E-state index contributed by atoms with van der Waals surface area (Å²) in [5, 5.41) is 3.56. The standard InChI is InChI=1S/C16H25FN2O/c1-3-8-18-14-6-9-19(10-7-14)12-13-4-5-15(20-2)11-16(13)17/h4-5,11,14,18H,3,6-10,12H2,1-2H3. The van der Waals surface area contributed by atoms with Crippen LogP contribution in [0.3, 0.4) is 0 Å². The normalized spacial score (nSPS) is 17.4. The molecule has 112 valence electrons. The summed E-state index contributed by atoms with van der Waals surface area (Å²) < 4.78 is 18.9. The summed E-state index contributed by atoms with van der Waals surface area (Å²) in [6, 6.07) is 5.75. The van der Waals surface area contributed by atoms with Crippen molar-refractivity contribution < 1.29 is 9.13 Å². The average molecular weight is 280 g/mol. The van der Waals surface area contributed by atoms with Crippen molar-refractivity contribution in [3.8, 4) is 5.75 Å². The number of piperidine rings is 1. The van der Waals surface area contributed by atoms with E-state index in [1.165, 1.54) is 12.5 Å². The van der Waals surface area contributed by atoms with Gasteiger partial charge < -0.3 is 10.1 Å². The van der Waals surface area contributed by atoms with E-state index in [2.05, 4.69) is 17.1 Å². The number of rotatable bonds is 6. The fraction of sp³-hybridized carbons (Fsp3) is 0.625. The number of hydrogen-bond donors (Lipinski definition) is 1. The molecule has 3 nitrogen and oxygen atoms in total. The van der Waals surface area contributed by atoms with Crippen molar-refractivity contribution >= 4 is 0 Å². The number of benzene rings is 1. The molecule has 20 heavy (non-hydrogen) atoms. The predicted octanol–water partition coefficient (Wildman–Crippen LogP) is 2.80. The molecule has 1 fully saturated rings. The van der Waals surface area contributed by atoms with E-state index in [9.17, 15) is 4.39 Å². The van der Waals surface area contributed by atoms with Crippen LogP contribution in [0.15, 0.2) is 18.2 Å². The molecule has 2 rings (SSSR count). The van der Waals surface area contributed by atoms with Crippen LogP contribution in [-0.2, 0) is 6.54 Å². The van der Waals surface area contributed by atoms with Gasteiger partial charge in [0.15, 0.2) is 0 Å². The van der Waals surface area contributed by atoms with Crippen molar-refractivity contribution in [2.75, 3.05) is 26.7 Å². The zero-order valence-corrected chi connectivity index (χ0v) is 12.5. The van der Waals surface area contributed by atoms with Gasteiger partial charge in [-0.25, -0.2) is 4.39 Å². The molecule has 1 aromatic carbocycles. The zero-order valence-electron chi connectivity index (χ0n) is 12.5. The second-order valence-corrected chi connectivity index (χ2v) is 5.46. The Morgan fingerprint density at radius 2 is 2.10 bits per heavy atom. The Hall–Kier alpha value is -1.13. The molecular weight excluding hydrogens is 255 g/mol. The molecule has 0 spiro atoms. The van der Waals surface area contributed by atoms with Crippen LogP contribution < -0.4 is 10.1 Å². The van der Waals surface area contributed by atoms with Crippen LogP contribution in [0.4, 0.5) is 4.39 Å². The smallest absolute Gasteiger partial charge is 0.131 e. The van der Waals surface area contributed by atoms with Crippen molar-refractivity contribution in [3.05, 3.63) is 29.6 Å². The Kier molecular flexibility index (Phi) is 5.80. The molecule has 1 N–H and O–H groups in total. The number of likely N-dealkylation sites (tertiary alicyclic amines) is 1. The largest absolute Gasteiger partial charge is 0.497 e. The van der Waals surface area contributed by atoms with E-state index in [1.807, 2.05) is 12.1 Å². The van der Waals surface area contributed by atoms with Gasteiger partial charge in [0, 0.05) is 24.2 Å². The van der Waals surface area contributed by atoms with E-state index in [-0.39, 0.29) is 5.82 Å². The molecule has 0 aliphatic carbocycles. The number of ether oxygens (including phenoxy) is 1. The maximum absolute atomic E-state index is 13.9. The maximum atomic E-state index is 13.9. The highest BCUT2D eigenvalue weighted by Gasteiger charge is 2.19. The molecule has 1 aliphatic rings. The van der Waals surface area contributed by atoms with Gasteiger partial charge in [-0.3, -0.25) is 4.90 Å². The second kappa shape index (κ2) is 7.60. The van der Waals surface area contributed by atoms with E-state index in [1.54, 1.807) is 7.11 Å². The van der Waals surface area contributed by atoms with E-state index in [0.717, 1.165) is 38.0 Å². The van der Waals surface area contributed by atoms with E-state index in [4.69, 9.17) is 4.74 Å². The SMILES string of the molecule is CCCNC1CCN(Cc2ccc(OC)cc2F)CC1. The molecule has 0 unspecified atom stereocenters. The molecule has 1 saturated heterocycles. The average Bonchev–Trinajstić information content (AvgIpc) is 2.48. The molecule has 4 heteroatoms. The van der Waals surface area contributed by atoms with Gasteiger partial charge in [0.2, 0.25) is 0 Å². The number of nitrogens with zero attached hydrogens (tertiary/aromatic N) is 1. The third kappa shape index (κ3) is 4.18. The molecule has 0 bridgehead atoms. The van der Waals surface area contributed by atoms with Crippen molar-refractivity contribution in [3.63, 3.8) is 0 Å². The Morgan fingerprint density at radius 1 is 1.35 bits per heavy atom. The Balaban J connectivity index is 1.83. The summed E-state index contributed by atoms with van der Waals surface area (Å²) in [4.78, 5) is 2.33. The first-order chi connectivity index (χ1) is 9.72. The number of hydrogen-bond acceptors (Lipinski definition) is 3. The molecule has 1 heterocycles. The zero-order chi connectivity index (χ0) is 14.4. The Bertz CT molecular complexity index is 417. The van der Waals surface area contributed by atoms with E-state index >= 15 is 0 Å². The lowest BCUT2D eigenvalue weighted by atomic mass is 10.0. The summed E-state index contributed by atoms with van der Waals surface area (Å²) in [6.07, 6.45) is 3.48. The van der Waals surface area contributed by atoms with Gasteiger partial charge in [-0.05, 0) is 45.0 Å². The lowest BCUT2D eigenvalue weighted by Crippen LogP contribution is -2.42. The summed E-state index contributed by atoms with van der Waals surface area (Å²) >= 11 is 0. The molecule has 0 saturated carbocycles. The monoisotopic (exact) mass is 280 g/mol. The van der Waals surface area contributed by atoms with Crippen LogP contribution in [0.1, 0.15) is 31.7 Å². The van der Waals surface area contributed by atoms with E-state index in [0.29, 0.717) is 18.3 Å². The number of methoxy groups -OCH3 is 1. The molecule has 1 aliphatic heterocycles. The van der Waals surface area contributed by atoms with Crippen LogP contribution >= 0.6 is 0 Å². The highest BCUT2D eigenvalue weighted by Crippen LogP contribution is 2.19. The number of halogens is 1. The van der Waals surface area contributed by atoms with Gasteiger partial charge in [0.25, 0.3) is 0 Å². The minimum Gasteiger partial charge on any atom is -0.497 e. The Morgan fingerprint density at radius 3 is 2.70 bits per heavy atom. The Labute approximate surface area is 121 Å². The van der Waals surface area contributed by atoms with Gasteiger partial charge in [0.05, 0.1) is 7.11 Å². The van der Waals surface area contributed by atoms with Crippen LogP contribution in [-0.4, -0.2) is 37.7 Å². The first kappa shape index (κ1) is 15.3. The lowest BCUT2D eigenvalue weighted by molar-refractivity contribution is 0.189. The summed E-state index contributed by atoms with van der Waals surface area (Å²) in [5.74, 6) is 0.407. The molecule has 0 amide bonds. The van der Waals surface area contributed by atoms with Gasteiger partial charge in [0.1, 0.15) is 11.6 Å². The molecule has 1 aromatic rings. The second-order valence-electron chi connectivity index (χ2n) is 5.46. The van der Waals surface area contributed by atoms with Gasteiger partial charge in [-0.15, -0.1) is 0 Å².